The minimum Gasteiger partial charge on any atom is -0.396 e. The molecule has 0 spiro atoms. The molecule has 0 aromatic heterocycles. The predicted octanol–water partition coefficient (Wildman–Crippen LogP) is 3.85. The molecule has 1 N–H and O–H groups in total. The number of carbonyl (C=O) groups is 1. The molecule has 0 saturated heterocycles. The lowest BCUT2D eigenvalue weighted by molar-refractivity contribution is 0.101. The Morgan fingerprint density at radius 2 is 1.83 bits per heavy atom. The van der Waals surface area contributed by atoms with Crippen LogP contribution < -0.4 is 0 Å². The summed E-state index contributed by atoms with van der Waals surface area (Å²) < 4.78 is 0. The maximum absolute atomic E-state index is 11.2. The van der Waals surface area contributed by atoms with Crippen LogP contribution in [0.15, 0.2) is 30.3 Å². The van der Waals surface area contributed by atoms with Crippen LogP contribution in [0.3, 0.4) is 0 Å². The van der Waals surface area contributed by atoms with Crippen LogP contribution in [0.1, 0.15) is 55.5 Å². The Hall–Kier alpha value is -1.41. The van der Waals surface area contributed by atoms with Crippen LogP contribution in [0.2, 0.25) is 0 Å². The van der Waals surface area contributed by atoms with Gasteiger partial charge in [-0.25, -0.2) is 0 Å². The van der Waals surface area contributed by atoms with Crippen LogP contribution in [-0.4, -0.2) is 17.5 Å². The molecule has 0 amide bonds. The van der Waals surface area contributed by atoms with Crippen molar-refractivity contribution in [1.82, 2.24) is 0 Å². The maximum Gasteiger partial charge on any atom is 0.159 e. The number of allylic oxidation sites excluding steroid dienone is 1. The summed E-state index contributed by atoms with van der Waals surface area (Å²) in [7, 11) is 0. The summed E-state index contributed by atoms with van der Waals surface area (Å²) in [5.74, 6) is 0.0835. The highest BCUT2D eigenvalue weighted by Crippen LogP contribution is 2.20. The van der Waals surface area contributed by atoms with Crippen LogP contribution in [-0.2, 0) is 0 Å². The number of aliphatic hydroxyl groups is 1. The van der Waals surface area contributed by atoms with E-state index >= 15 is 0 Å². The van der Waals surface area contributed by atoms with E-state index < -0.39 is 0 Å². The Bertz CT molecular complexity index is 402. The van der Waals surface area contributed by atoms with Crippen LogP contribution in [0.4, 0.5) is 0 Å². The van der Waals surface area contributed by atoms with E-state index in [2.05, 4.69) is 13.0 Å². The third kappa shape index (κ3) is 4.46. The van der Waals surface area contributed by atoms with Gasteiger partial charge in [0, 0.05) is 12.2 Å². The highest BCUT2D eigenvalue weighted by molar-refractivity contribution is 5.94. The molecule has 18 heavy (non-hydrogen) atoms. The largest absolute Gasteiger partial charge is 0.396 e. The second-order valence-corrected chi connectivity index (χ2v) is 4.48. The number of benzene rings is 1. The summed E-state index contributed by atoms with van der Waals surface area (Å²) >= 11 is 0. The average molecular weight is 246 g/mol. The van der Waals surface area contributed by atoms with Gasteiger partial charge in [-0.1, -0.05) is 50.1 Å². The van der Waals surface area contributed by atoms with Gasteiger partial charge >= 0.3 is 0 Å². The molecular weight excluding hydrogens is 224 g/mol. The monoisotopic (exact) mass is 246 g/mol. The first-order valence-corrected chi connectivity index (χ1v) is 6.60. The van der Waals surface area contributed by atoms with Crippen LogP contribution in [0.25, 0.3) is 5.57 Å². The molecule has 0 fully saturated rings. The first-order valence-electron chi connectivity index (χ1n) is 6.60. The molecule has 0 aliphatic rings. The van der Waals surface area contributed by atoms with Gasteiger partial charge in [0.05, 0.1) is 0 Å². The Balaban J connectivity index is 2.84. The fourth-order valence-electron chi connectivity index (χ4n) is 1.88. The predicted molar refractivity (Wildman–Crippen MR) is 75.7 cm³/mol. The summed E-state index contributed by atoms with van der Waals surface area (Å²) in [5.41, 5.74) is 3.00. The van der Waals surface area contributed by atoms with Crippen molar-refractivity contribution in [2.45, 2.75) is 39.5 Å². The van der Waals surface area contributed by atoms with E-state index in [9.17, 15) is 4.79 Å². The number of unbranched alkanes of at least 4 members (excludes halogenated alkanes) is 2. The van der Waals surface area contributed by atoms with Gasteiger partial charge in [0.25, 0.3) is 0 Å². The van der Waals surface area contributed by atoms with Crippen molar-refractivity contribution in [2.75, 3.05) is 6.61 Å². The number of aliphatic hydroxyl groups excluding tert-OH is 1. The highest BCUT2D eigenvalue weighted by Gasteiger charge is 2.03. The second kappa shape index (κ2) is 7.83. The summed E-state index contributed by atoms with van der Waals surface area (Å²) in [6, 6.07) is 7.62. The number of ketones is 1. The Labute approximate surface area is 109 Å². The van der Waals surface area contributed by atoms with Gasteiger partial charge in [-0.2, -0.15) is 0 Å². The molecule has 0 bridgehead atoms. The van der Waals surface area contributed by atoms with Crippen molar-refractivity contribution in [3.63, 3.8) is 0 Å². The van der Waals surface area contributed by atoms with Crippen molar-refractivity contribution in [1.29, 1.82) is 0 Å². The fourth-order valence-corrected chi connectivity index (χ4v) is 1.88. The van der Waals surface area contributed by atoms with E-state index in [0.29, 0.717) is 6.42 Å². The molecule has 0 heterocycles. The van der Waals surface area contributed by atoms with Crippen molar-refractivity contribution in [3.8, 4) is 0 Å². The summed E-state index contributed by atoms with van der Waals surface area (Å²) in [6.07, 6.45) is 6.25. The lowest BCUT2D eigenvalue weighted by Gasteiger charge is -2.07. The summed E-state index contributed by atoms with van der Waals surface area (Å²) in [6.45, 7) is 3.90. The zero-order valence-corrected chi connectivity index (χ0v) is 11.3. The van der Waals surface area contributed by atoms with Gasteiger partial charge in [-0.05, 0) is 30.9 Å². The minimum absolute atomic E-state index is 0.0835. The average Bonchev–Trinajstić information content (AvgIpc) is 2.38. The molecule has 0 atom stereocenters. The van der Waals surface area contributed by atoms with Gasteiger partial charge in [0.1, 0.15) is 0 Å². The van der Waals surface area contributed by atoms with E-state index in [1.165, 1.54) is 18.4 Å². The quantitative estimate of drug-likeness (QED) is 0.586. The minimum atomic E-state index is 0.0835. The third-order valence-electron chi connectivity index (χ3n) is 2.99. The van der Waals surface area contributed by atoms with Gasteiger partial charge in [-0.15, -0.1) is 0 Å². The van der Waals surface area contributed by atoms with Crippen molar-refractivity contribution < 1.29 is 9.90 Å². The molecule has 0 unspecified atom stereocenters. The standard InChI is InChI=1S/C16H22O2/c1-3-4-5-6-15(11-12-17)16-9-7-14(8-10-16)13(2)18/h6-10,17H,3-5,11-12H2,1-2H3/b15-6-. The smallest absolute Gasteiger partial charge is 0.159 e. The molecule has 0 aliphatic carbocycles. The lowest BCUT2D eigenvalue weighted by atomic mass is 9.99. The zero-order chi connectivity index (χ0) is 13.4. The molecule has 1 rings (SSSR count). The zero-order valence-electron chi connectivity index (χ0n) is 11.3. The first-order chi connectivity index (χ1) is 8.69. The molecule has 98 valence electrons. The van der Waals surface area contributed by atoms with Gasteiger partial charge < -0.3 is 5.11 Å². The molecule has 0 aliphatic heterocycles. The SMILES string of the molecule is CCCC/C=C(/CCO)c1ccc(C(C)=O)cc1. The normalized spacial score (nSPS) is 11.6. The van der Waals surface area contributed by atoms with E-state index in [0.717, 1.165) is 17.5 Å². The summed E-state index contributed by atoms with van der Waals surface area (Å²) in [5, 5.41) is 9.10. The van der Waals surface area contributed by atoms with Crippen LogP contribution >= 0.6 is 0 Å². The highest BCUT2D eigenvalue weighted by atomic mass is 16.3. The Morgan fingerprint density at radius 1 is 1.22 bits per heavy atom. The van der Waals surface area contributed by atoms with Crippen LogP contribution in [0, 0.1) is 0 Å². The number of hydrogen-bond donors (Lipinski definition) is 1. The number of hydrogen-bond acceptors (Lipinski definition) is 2. The van der Waals surface area contributed by atoms with Crippen molar-refractivity contribution in [2.24, 2.45) is 0 Å². The topological polar surface area (TPSA) is 37.3 Å². The maximum atomic E-state index is 11.2. The van der Waals surface area contributed by atoms with Gasteiger partial charge in [0.2, 0.25) is 0 Å². The molecular formula is C16H22O2. The second-order valence-electron chi connectivity index (χ2n) is 4.48. The number of carbonyl (C=O) groups excluding carboxylic acids is 1. The number of rotatable bonds is 7. The van der Waals surface area contributed by atoms with Gasteiger partial charge in [0.15, 0.2) is 5.78 Å². The van der Waals surface area contributed by atoms with E-state index in [4.69, 9.17) is 5.11 Å². The molecule has 2 nitrogen and oxygen atoms in total. The fraction of sp³-hybridized carbons (Fsp3) is 0.438. The molecule has 2 heteroatoms. The molecule has 0 saturated carbocycles. The molecule has 0 radical (unpaired) electrons. The van der Waals surface area contributed by atoms with Crippen molar-refractivity contribution >= 4 is 11.4 Å². The Kier molecular flexibility index (Phi) is 6.37. The van der Waals surface area contributed by atoms with E-state index in [-0.39, 0.29) is 12.4 Å². The first kappa shape index (κ1) is 14.7. The lowest BCUT2D eigenvalue weighted by Crippen LogP contribution is -1.94. The molecule has 1 aromatic rings. The van der Waals surface area contributed by atoms with Gasteiger partial charge in [-0.3, -0.25) is 4.79 Å². The third-order valence-corrected chi connectivity index (χ3v) is 2.99. The van der Waals surface area contributed by atoms with E-state index in [1.807, 2.05) is 24.3 Å². The molecule has 1 aromatic carbocycles. The number of Topliss-reactive ketones (excluding diaryl/α,β-unsaturated/α-hetero) is 1. The summed E-state index contributed by atoms with van der Waals surface area (Å²) in [4.78, 5) is 11.2. The van der Waals surface area contributed by atoms with E-state index in [1.54, 1.807) is 6.92 Å². The van der Waals surface area contributed by atoms with Crippen molar-refractivity contribution in [3.05, 3.63) is 41.5 Å². The Morgan fingerprint density at radius 3 is 2.33 bits per heavy atom. The van der Waals surface area contributed by atoms with Crippen LogP contribution in [0.5, 0.6) is 0 Å².